The number of carbonyl (C=O) groups excluding carboxylic acids is 3. The zero-order valence-electron chi connectivity index (χ0n) is 21.5. The summed E-state index contributed by atoms with van der Waals surface area (Å²) in [5.74, 6) is -1.71. The highest BCUT2D eigenvalue weighted by Crippen LogP contribution is 2.19. The van der Waals surface area contributed by atoms with E-state index in [-0.39, 0.29) is 18.9 Å². The molecular formula is C27H32N4O7. The Morgan fingerprint density at radius 2 is 1.58 bits per heavy atom. The number of ether oxygens (including phenoxy) is 2. The molecule has 2 aromatic carbocycles. The molecule has 0 bridgehead atoms. The molecule has 1 aromatic heterocycles. The molecule has 202 valence electrons. The van der Waals surface area contributed by atoms with Crippen LogP contribution in [0, 0.1) is 0 Å². The summed E-state index contributed by atoms with van der Waals surface area (Å²) in [6, 6.07) is 15.7. The van der Waals surface area contributed by atoms with Crippen molar-refractivity contribution in [1.82, 2.24) is 14.6 Å². The van der Waals surface area contributed by atoms with Crippen LogP contribution < -0.4 is 16.4 Å². The molecule has 3 N–H and O–H groups in total. The fourth-order valence-corrected chi connectivity index (χ4v) is 3.81. The third kappa shape index (κ3) is 7.10. The van der Waals surface area contributed by atoms with Crippen LogP contribution >= 0.6 is 0 Å². The van der Waals surface area contributed by atoms with E-state index in [4.69, 9.17) is 4.74 Å². The van der Waals surface area contributed by atoms with Crippen molar-refractivity contribution in [2.75, 3.05) is 19.1 Å². The van der Waals surface area contributed by atoms with Gasteiger partial charge in [0.05, 0.1) is 19.4 Å². The molecule has 1 heterocycles. The Kier molecular flexibility index (Phi) is 9.83. The highest BCUT2D eigenvalue weighted by molar-refractivity contribution is 5.87. The lowest BCUT2D eigenvalue weighted by Gasteiger charge is -2.21. The van der Waals surface area contributed by atoms with Crippen molar-refractivity contribution in [2.24, 2.45) is 0 Å². The average molecular weight is 525 g/mol. The van der Waals surface area contributed by atoms with Gasteiger partial charge < -0.3 is 19.9 Å². The number of imidazole rings is 1. The van der Waals surface area contributed by atoms with Crippen molar-refractivity contribution < 1.29 is 29.0 Å². The number of hydrogen-bond donors (Lipinski definition) is 3. The summed E-state index contributed by atoms with van der Waals surface area (Å²) < 4.78 is 12.1. The summed E-state index contributed by atoms with van der Waals surface area (Å²) in [7, 11) is 1.14. The van der Waals surface area contributed by atoms with Crippen LogP contribution in [0.3, 0.4) is 0 Å². The maximum absolute atomic E-state index is 13.5. The highest BCUT2D eigenvalue weighted by Gasteiger charge is 2.30. The lowest BCUT2D eigenvalue weighted by Crippen LogP contribution is -2.48. The first-order valence-electron chi connectivity index (χ1n) is 12.1. The van der Waals surface area contributed by atoms with Crippen LogP contribution in [0.1, 0.15) is 42.6 Å². The van der Waals surface area contributed by atoms with Gasteiger partial charge in [-0.25, -0.2) is 24.5 Å². The minimum Gasteiger partial charge on any atom is -0.467 e. The number of aliphatic hydroxyl groups excluding tert-OH is 1. The van der Waals surface area contributed by atoms with E-state index in [0.29, 0.717) is 5.69 Å². The monoisotopic (exact) mass is 524 g/mol. The van der Waals surface area contributed by atoms with E-state index in [1.807, 2.05) is 38.1 Å². The van der Waals surface area contributed by atoms with Gasteiger partial charge >= 0.3 is 17.8 Å². The fraction of sp³-hybridized carbons (Fsp3) is 0.333. The van der Waals surface area contributed by atoms with E-state index >= 15 is 0 Å². The van der Waals surface area contributed by atoms with Gasteiger partial charge in [-0.3, -0.25) is 9.36 Å². The number of benzene rings is 2. The normalized spacial score (nSPS) is 12.4. The van der Waals surface area contributed by atoms with Crippen LogP contribution in [0.15, 0.2) is 71.7 Å². The Morgan fingerprint density at radius 3 is 2.13 bits per heavy atom. The van der Waals surface area contributed by atoms with E-state index in [9.17, 15) is 24.3 Å². The second-order valence-electron chi connectivity index (χ2n) is 8.88. The third-order valence-electron chi connectivity index (χ3n) is 5.84. The molecule has 3 rings (SSSR count). The van der Waals surface area contributed by atoms with Gasteiger partial charge in [0.1, 0.15) is 12.6 Å². The topological polar surface area (TPSA) is 141 Å². The number of nitrogens with zero attached hydrogens (tertiary/aromatic N) is 2. The zero-order chi connectivity index (χ0) is 27.7. The van der Waals surface area contributed by atoms with Crippen molar-refractivity contribution >= 4 is 18.0 Å². The highest BCUT2D eigenvalue weighted by atomic mass is 16.6. The number of aliphatic hydroxyl groups is 1. The van der Waals surface area contributed by atoms with E-state index in [1.54, 1.807) is 36.4 Å². The van der Waals surface area contributed by atoms with Crippen LogP contribution in [0.5, 0.6) is 0 Å². The Balaban J connectivity index is 1.93. The van der Waals surface area contributed by atoms with E-state index in [0.717, 1.165) is 22.9 Å². The molecule has 0 saturated heterocycles. The first kappa shape index (κ1) is 28.2. The molecule has 11 heteroatoms. The quantitative estimate of drug-likeness (QED) is 0.326. The summed E-state index contributed by atoms with van der Waals surface area (Å²) >= 11 is 0. The molecule has 0 aliphatic rings. The van der Waals surface area contributed by atoms with Crippen LogP contribution in [-0.4, -0.2) is 52.1 Å². The van der Waals surface area contributed by atoms with E-state index in [1.165, 1.54) is 10.8 Å². The van der Waals surface area contributed by atoms with Crippen LogP contribution in [0.25, 0.3) is 0 Å². The van der Waals surface area contributed by atoms with Gasteiger partial charge in [-0.15, -0.1) is 0 Å². The number of nitrogens with one attached hydrogen (secondary N) is 2. The Hall–Kier alpha value is -4.38. The lowest BCUT2D eigenvalue weighted by molar-refractivity contribution is -0.146. The molecular weight excluding hydrogens is 492 g/mol. The Morgan fingerprint density at radius 1 is 0.974 bits per heavy atom. The molecule has 0 aliphatic carbocycles. The predicted molar refractivity (Wildman–Crippen MR) is 139 cm³/mol. The van der Waals surface area contributed by atoms with Gasteiger partial charge in [0.25, 0.3) is 0 Å². The molecule has 38 heavy (non-hydrogen) atoms. The van der Waals surface area contributed by atoms with Crippen LogP contribution in [0.2, 0.25) is 0 Å². The van der Waals surface area contributed by atoms with Gasteiger partial charge in [-0.1, -0.05) is 74.5 Å². The first-order valence-corrected chi connectivity index (χ1v) is 12.1. The minimum absolute atomic E-state index is 0.00819. The smallest absolute Gasteiger partial charge is 0.426 e. The molecule has 0 aliphatic heterocycles. The van der Waals surface area contributed by atoms with Crippen molar-refractivity contribution in [2.45, 2.75) is 44.9 Å². The molecule has 2 atom stereocenters. The van der Waals surface area contributed by atoms with Crippen molar-refractivity contribution in [3.05, 3.63) is 94.2 Å². The summed E-state index contributed by atoms with van der Waals surface area (Å²) in [5.41, 5.74) is 3.75. The van der Waals surface area contributed by atoms with Crippen LogP contribution in [0.4, 0.5) is 4.79 Å². The van der Waals surface area contributed by atoms with Gasteiger partial charge in [-0.05, 0) is 17.0 Å². The lowest BCUT2D eigenvalue weighted by atomic mass is 10.0. The molecule has 0 radical (unpaired) electrons. The van der Waals surface area contributed by atoms with Crippen molar-refractivity contribution in [3.63, 3.8) is 0 Å². The van der Waals surface area contributed by atoms with Gasteiger partial charge in [-0.2, -0.15) is 0 Å². The minimum atomic E-state index is -1.31. The molecule has 0 saturated carbocycles. The number of hydrogen-bond acceptors (Lipinski definition) is 7. The maximum Gasteiger partial charge on any atom is 0.426 e. The number of methoxy groups -OCH3 is 1. The fourth-order valence-electron chi connectivity index (χ4n) is 3.81. The molecule has 3 aromatic rings. The molecule has 11 nitrogen and oxygen atoms in total. The molecule has 1 unspecified atom stereocenters. The predicted octanol–water partition coefficient (Wildman–Crippen LogP) is 2.09. The van der Waals surface area contributed by atoms with E-state index < -0.39 is 42.4 Å². The SMILES string of the molecule is COC(=O)C(CO)NC(=O)[C@H](Cc1ccccc1)n1cc(C(C)C)n(NC(=O)OCc2ccccc2)c1=O. The number of aromatic nitrogens is 2. The maximum atomic E-state index is 13.5. The van der Waals surface area contributed by atoms with Crippen LogP contribution in [-0.2, 0) is 32.1 Å². The number of amides is 2. The standard InChI is InChI=1S/C27H32N4O7/c1-18(2)23-15-30(27(36)31(23)29-26(35)38-17-20-12-8-5-9-13-20)22(14-19-10-6-4-7-11-19)24(33)28-21(16-32)25(34)37-3/h4-13,15,18,21-22,32H,14,16-17H2,1-3H3,(H,28,33)(H,29,35)/t21?,22-/m0/s1. The summed E-state index contributed by atoms with van der Waals surface area (Å²) in [6.07, 6.45) is 0.751. The summed E-state index contributed by atoms with van der Waals surface area (Å²) in [6.45, 7) is 2.99. The Bertz CT molecular complexity index is 1290. The zero-order valence-corrected chi connectivity index (χ0v) is 21.5. The average Bonchev–Trinajstić information content (AvgIpc) is 3.25. The second-order valence-corrected chi connectivity index (χ2v) is 8.88. The van der Waals surface area contributed by atoms with Gasteiger partial charge in [0, 0.05) is 12.6 Å². The Labute approximate surface area is 220 Å². The third-order valence-corrected chi connectivity index (χ3v) is 5.84. The van der Waals surface area contributed by atoms with Gasteiger partial charge in [0.2, 0.25) is 5.91 Å². The number of rotatable bonds is 11. The number of carbonyl (C=O) groups is 3. The molecule has 0 spiro atoms. The summed E-state index contributed by atoms with van der Waals surface area (Å²) in [4.78, 5) is 51.4. The number of esters is 1. The molecule has 2 amide bonds. The summed E-state index contributed by atoms with van der Waals surface area (Å²) in [5, 5.41) is 12.0. The van der Waals surface area contributed by atoms with Crippen molar-refractivity contribution in [3.8, 4) is 0 Å². The van der Waals surface area contributed by atoms with Gasteiger partial charge in [0.15, 0.2) is 6.04 Å². The largest absolute Gasteiger partial charge is 0.467 e. The molecule has 0 fully saturated rings. The first-order chi connectivity index (χ1) is 18.2. The second kappa shape index (κ2) is 13.2. The van der Waals surface area contributed by atoms with E-state index in [2.05, 4.69) is 15.5 Å². The van der Waals surface area contributed by atoms with Crippen molar-refractivity contribution in [1.29, 1.82) is 0 Å².